The number of nitrogens with two attached hydrogens (primary N) is 1. The summed E-state index contributed by atoms with van der Waals surface area (Å²) in [6, 6.07) is 3.75. The van der Waals surface area contributed by atoms with E-state index in [1.165, 1.54) is 11.3 Å². The molecule has 0 spiro atoms. The van der Waals surface area contributed by atoms with Crippen molar-refractivity contribution in [2.45, 2.75) is 40.5 Å². The van der Waals surface area contributed by atoms with E-state index >= 15 is 0 Å². The zero-order valence-corrected chi connectivity index (χ0v) is 20.2. The molecular formula is C22H25N3O5S2. The molecule has 10 heteroatoms. The molecule has 170 valence electrons. The van der Waals surface area contributed by atoms with E-state index in [4.69, 9.17) is 15.2 Å². The van der Waals surface area contributed by atoms with Crippen molar-refractivity contribution in [3.05, 3.63) is 38.7 Å². The number of carbonyl (C=O) groups is 3. The molecule has 0 aromatic carbocycles. The highest BCUT2D eigenvalue weighted by atomic mass is 32.1. The molecule has 0 saturated carbocycles. The lowest BCUT2D eigenvalue weighted by atomic mass is 10.1. The molecule has 0 aliphatic heterocycles. The van der Waals surface area contributed by atoms with Gasteiger partial charge in [-0.2, -0.15) is 0 Å². The van der Waals surface area contributed by atoms with Crippen molar-refractivity contribution in [3.63, 3.8) is 0 Å². The van der Waals surface area contributed by atoms with Crippen LogP contribution in [0.2, 0.25) is 0 Å². The van der Waals surface area contributed by atoms with Crippen LogP contribution >= 0.6 is 22.7 Å². The Kier molecular flexibility index (Phi) is 7.15. The molecule has 0 radical (unpaired) electrons. The van der Waals surface area contributed by atoms with E-state index in [9.17, 15) is 14.4 Å². The van der Waals surface area contributed by atoms with Gasteiger partial charge in [-0.15, -0.1) is 22.7 Å². The lowest BCUT2D eigenvalue weighted by molar-refractivity contribution is 0.0527. The van der Waals surface area contributed by atoms with Gasteiger partial charge in [-0.05, 0) is 44.4 Å². The van der Waals surface area contributed by atoms with Crippen LogP contribution in [0.3, 0.4) is 0 Å². The SMILES string of the molecule is CCOC(=O)c1sc(NC(=O)c2sc3nc(C(C)C)ccc3c2N)c(C(=O)OCC)c1C. The number of rotatable bonds is 7. The summed E-state index contributed by atoms with van der Waals surface area (Å²) in [6.07, 6.45) is 0. The third-order valence-corrected chi connectivity index (χ3v) is 7.03. The van der Waals surface area contributed by atoms with Crippen LogP contribution in [-0.4, -0.2) is 36.0 Å². The molecule has 8 nitrogen and oxygen atoms in total. The molecule has 32 heavy (non-hydrogen) atoms. The number of aromatic nitrogens is 1. The van der Waals surface area contributed by atoms with Crippen molar-refractivity contribution >= 4 is 61.4 Å². The number of fused-ring (bicyclic) bond motifs is 1. The summed E-state index contributed by atoms with van der Waals surface area (Å²) in [7, 11) is 0. The van der Waals surface area contributed by atoms with E-state index in [0.717, 1.165) is 17.0 Å². The number of nitrogens with zero attached hydrogens (tertiary/aromatic N) is 1. The van der Waals surface area contributed by atoms with Crippen LogP contribution in [0.4, 0.5) is 10.7 Å². The normalized spacial score (nSPS) is 11.1. The molecule has 3 N–H and O–H groups in total. The fourth-order valence-electron chi connectivity index (χ4n) is 3.10. The van der Waals surface area contributed by atoms with Crippen molar-refractivity contribution in [3.8, 4) is 0 Å². The summed E-state index contributed by atoms with van der Waals surface area (Å²) >= 11 is 2.15. The fourth-order valence-corrected chi connectivity index (χ4v) is 5.18. The number of carbonyl (C=O) groups excluding carboxylic acids is 3. The van der Waals surface area contributed by atoms with Gasteiger partial charge >= 0.3 is 11.9 Å². The van der Waals surface area contributed by atoms with E-state index in [0.29, 0.717) is 21.5 Å². The molecular weight excluding hydrogens is 450 g/mol. The first-order valence-corrected chi connectivity index (χ1v) is 11.8. The summed E-state index contributed by atoms with van der Waals surface area (Å²) in [4.78, 5) is 43.8. The lowest BCUT2D eigenvalue weighted by Crippen LogP contribution is -2.15. The van der Waals surface area contributed by atoms with E-state index in [-0.39, 0.29) is 39.5 Å². The molecule has 3 aromatic rings. The molecule has 0 atom stereocenters. The quantitative estimate of drug-likeness (QED) is 0.462. The van der Waals surface area contributed by atoms with Crippen LogP contribution in [0.25, 0.3) is 10.2 Å². The molecule has 0 saturated heterocycles. The second-order valence-electron chi connectivity index (χ2n) is 7.24. The highest BCUT2D eigenvalue weighted by Crippen LogP contribution is 2.37. The molecule has 1 amide bonds. The first-order valence-electron chi connectivity index (χ1n) is 10.2. The molecule has 0 bridgehead atoms. The third kappa shape index (κ3) is 4.46. The number of ether oxygens (including phenoxy) is 2. The number of nitrogen functional groups attached to an aromatic ring is 1. The molecule has 0 aliphatic rings. The largest absolute Gasteiger partial charge is 0.462 e. The van der Waals surface area contributed by atoms with E-state index in [1.54, 1.807) is 20.8 Å². The number of hydrogen-bond donors (Lipinski definition) is 2. The summed E-state index contributed by atoms with van der Waals surface area (Å²) in [6.45, 7) is 9.42. The zero-order valence-electron chi connectivity index (χ0n) is 18.5. The average Bonchev–Trinajstić information content (AvgIpc) is 3.25. The Morgan fingerprint density at radius 2 is 1.72 bits per heavy atom. The van der Waals surface area contributed by atoms with Crippen molar-refractivity contribution in [1.29, 1.82) is 0 Å². The number of esters is 2. The van der Waals surface area contributed by atoms with Crippen LogP contribution in [0.15, 0.2) is 12.1 Å². The Morgan fingerprint density at radius 3 is 2.34 bits per heavy atom. The number of amides is 1. The summed E-state index contributed by atoms with van der Waals surface area (Å²) in [5, 5.41) is 3.65. The Hall–Kier alpha value is -2.98. The second-order valence-corrected chi connectivity index (χ2v) is 9.26. The number of nitrogens with one attached hydrogen (secondary N) is 1. The van der Waals surface area contributed by atoms with Crippen molar-refractivity contribution in [2.75, 3.05) is 24.3 Å². The molecule has 3 aromatic heterocycles. The maximum Gasteiger partial charge on any atom is 0.348 e. The van der Waals surface area contributed by atoms with Crippen molar-refractivity contribution < 1.29 is 23.9 Å². The van der Waals surface area contributed by atoms with Gasteiger partial charge in [-0.25, -0.2) is 14.6 Å². The number of pyridine rings is 1. The molecule has 0 unspecified atom stereocenters. The number of hydrogen-bond acceptors (Lipinski definition) is 9. The van der Waals surface area contributed by atoms with Gasteiger partial charge in [0.05, 0.1) is 24.5 Å². The maximum absolute atomic E-state index is 13.1. The van der Waals surface area contributed by atoms with Crippen LogP contribution < -0.4 is 11.1 Å². The Balaban J connectivity index is 2.01. The van der Waals surface area contributed by atoms with E-state index in [1.807, 2.05) is 26.0 Å². The third-order valence-electron chi connectivity index (χ3n) is 4.73. The molecule has 0 aliphatic carbocycles. The predicted octanol–water partition coefficient (Wildman–Crippen LogP) is 4.98. The Bertz CT molecular complexity index is 1200. The van der Waals surface area contributed by atoms with Crippen molar-refractivity contribution in [1.82, 2.24) is 4.98 Å². The fraction of sp³-hybridized carbons (Fsp3) is 0.364. The Labute approximate surface area is 193 Å². The summed E-state index contributed by atoms with van der Waals surface area (Å²) in [5.41, 5.74) is 7.99. The highest BCUT2D eigenvalue weighted by molar-refractivity contribution is 7.21. The highest BCUT2D eigenvalue weighted by Gasteiger charge is 2.28. The Morgan fingerprint density at radius 1 is 1.06 bits per heavy atom. The molecule has 3 rings (SSSR count). The first kappa shape index (κ1) is 23.7. The smallest absolute Gasteiger partial charge is 0.348 e. The van der Waals surface area contributed by atoms with Gasteiger partial charge in [-0.1, -0.05) is 13.8 Å². The standard InChI is InChI=1S/C22H25N3O5S2/c1-6-29-21(27)14-11(5)16(22(28)30-7-2)31-20(14)25-18(26)17-15(23)12-8-9-13(10(3)4)24-19(12)32-17/h8-10H,6-7,23H2,1-5H3,(H,25,26). The minimum absolute atomic E-state index is 0.133. The number of anilines is 2. The van der Waals surface area contributed by atoms with Crippen molar-refractivity contribution in [2.24, 2.45) is 0 Å². The van der Waals surface area contributed by atoms with Gasteiger partial charge < -0.3 is 20.5 Å². The lowest BCUT2D eigenvalue weighted by Gasteiger charge is -2.06. The second kappa shape index (κ2) is 9.66. The average molecular weight is 476 g/mol. The minimum Gasteiger partial charge on any atom is -0.462 e. The monoisotopic (exact) mass is 475 g/mol. The summed E-state index contributed by atoms with van der Waals surface area (Å²) < 4.78 is 10.2. The first-order chi connectivity index (χ1) is 15.2. The number of thiophene rings is 2. The molecule has 0 fully saturated rings. The molecule has 3 heterocycles. The van der Waals surface area contributed by atoms with Gasteiger partial charge in [0.15, 0.2) is 0 Å². The van der Waals surface area contributed by atoms with Crippen LogP contribution in [-0.2, 0) is 9.47 Å². The van der Waals surface area contributed by atoms with E-state index in [2.05, 4.69) is 10.3 Å². The van der Waals surface area contributed by atoms with Gasteiger partial charge in [0.1, 0.15) is 19.6 Å². The zero-order chi connectivity index (χ0) is 23.6. The summed E-state index contributed by atoms with van der Waals surface area (Å²) in [5.74, 6) is -1.44. The topological polar surface area (TPSA) is 121 Å². The maximum atomic E-state index is 13.1. The van der Waals surface area contributed by atoms with E-state index < -0.39 is 17.8 Å². The van der Waals surface area contributed by atoms with Crippen LogP contribution in [0.1, 0.15) is 74.6 Å². The van der Waals surface area contributed by atoms with Gasteiger partial charge in [0.2, 0.25) is 0 Å². The van der Waals surface area contributed by atoms with Gasteiger partial charge in [-0.3, -0.25) is 4.79 Å². The predicted molar refractivity (Wildman–Crippen MR) is 127 cm³/mol. The van der Waals surface area contributed by atoms with Gasteiger partial charge in [0, 0.05) is 11.1 Å². The van der Waals surface area contributed by atoms with Gasteiger partial charge in [0.25, 0.3) is 5.91 Å². The minimum atomic E-state index is -0.625. The van der Waals surface area contributed by atoms with Crippen LogP contribution in [0, 0.1) is 6.92 Å². The van der Waals surface area contributed by atoms with Crippen LogP contribution in [0.5, 0.6) is 0 Å².